The van der Waals surface area contributed by atoms with E-state index in [1.54, 1.807) is 16.3 Å². The zero-order valence-electron chi connectivity index (χ0n) is 13.2. The molecule has 132 valence electrons. The SMILES string of the molecule is O=C(O)c1ccc(S(=O)(=O)N2CCN(C(=O)c3ccsc3)CC2)cc1. The molecule has 1 aromatic carbocycles. The molecule has 0 bridgehead atoms. The number of thiophene rings is 1. The van der Waals surface area contributed by atoms with Gasteiger partial charge >= 0.3 is 5.97 Å². The first-order valence-corrected chi connectivity index (χ1v) is 9.93. The van der Waals surface area contributed by atoms with Crippen LogP contribution in [0.2, 0.25) is 0 Å². The molecule has 0 spiro atoms. The van der Waals surface area contributed by atoms with Gasteiger partial charge in [0.1, 0.15) is 0 Å². The molecule has 1 amide bonds. The Morgan fingerprint density at radius 1 is 0.960 bits per heavy atom. The average molecular weight is 380 g/mol. The highest BCUT2D eigenvalue weighted by atomic mass is 32.2. The molecule has 2 aromatic rings. The van der Waals surface area contributed by atoms with Crippen LogP contribution in [0, 0.1) is 0 Å². The van der Waals surface area contributed by atoms with Gasteiger partial charge in [-0.25, -0.2) is 13.2 Å². The molecule has 0 saturated carbocycles. The molecule has 2 heterocycles. The fourth-order valence-corrected chi connectivity index (χ4v) is 4.67. The topological polar surface area (TPSA) is 95.0 Å². The Hall–Kier alpha value is -2.23. The van der Waals surface area contributed by atoms with Crippen molar-refractivity contribution in [3.05, 3.63) is 52.2 Å². The van der Waals surface area contributed by atoms with Crippen LogP contribution < -0.4 is 0 Å². The summed E-state index contributed by atoms with van der Waals surface area (Å²) >= 11 is 1.44. The van der Waals surface area contributed by atoms with Gasteiger partial charge in [-0.2, -0.15) is 15.6 Å². The van der Waals surface area contributed by atoms with E-state index in [9.17, 15) is 18.0 Å². The monoisotopic (exact) mass is 380 g/mol. The van der Waals surface area contributed by atoms with Crippen molar-refractivity contribution in [1.29, 1.82) is 0 Å². The van der Waals surface area contributed by atoms with Crippen LogP contribution >= 0.6 is 11.3 Å². The Morgan fingerprint density at radius 2 is 1.60 bits per heavy atom. The zero-order valence-corrected chi connectivity index (χ0v) is 14.8. The normalized spacial score (nSPS) is 15.9. The number of carboxylic acid groups (broad SMARTS) is 1. The van der Waals surface area contributed by atoms with Gasteiger partial charge in [0.15, 0.2) is 0 Å². The van der Waals surface area contributed by atoms with Gasteiger partial charge in [-0.15, -0.1) is 0 Å². The fourth-order valence-electron chi connectivity index (χ4n) is 2.62. The van der Waals surface area contributed by atoms with E-state index >= 15 is 0 Å². The van der Waals surface area contributed by atoms with E-state index < -0.39 is 16.0 Å². The molecule has 0 unspecified atom stereocenters. The van der Waals surface area contributed by atoms with Crippen LogP contribution in [0.1, 0.15) is 20.7 Å². The summed E-state index contributed by atoms with van der Waals surface area (Å²) in [6, 6.07) is 6.88. The summed E-state index contributed by atoms with van der Waals surface area (Å²) in [6.45, 7) is 1.06. The summed E-state index contributed by atoms with van der Waals surface area (Å²) in [5, 5.41) is 12.5. The molecule has 1 aromatic heterocycles. The Labute approximate surface area is 149 Å². The first-order valence-electron chi connectivity index (χ1n) is 7.54. The van der Waals surface area contributed by atoms with Crippen molar-refractivity contribution in [1.82, 2.24) is 9.21 Å². The molecule has 9 heteroatoms. The van der Waals surface area contributed by atoms with Crippen molar-refractivity contribution in [3.63, 3.8) is 0 Å². The Bertz CT molecular complexity index is 868. The molecule has 25 heavy (non-hydrogen) atoms. The molecule has 1 saturated heterocycles. The summed E-state index contributed by atoms with van der Waals surface area (Å²) in [7, 11) is -3.70. The molecular formula is C16H16N2O5S2. The maximum Gasteiger partial charge on any atom is 0.335 e. The highest BCUT2D eigenvalue weighted by Crippen LogP contribution is 2.19. The minimum Gasteiger partial charge on any atom is -0.478 e. The van der Waals surface area contributed by atoms with E-state index in [2.05, 4.69) is 0 Å². The molecular weight excluding hydrogens is 364 g/mol. The highest BCUT2D eigenvalue weighted by Gasteiger charge is 2.30. The van der Waals surface area contributed by atoms with Gasteiger partial charge < -0.3 is 10.0 Å². The van der Waals surface area contributed by atoms with Crippen molar-refractivity contribution >= 4 is 33.2 Å². The van der Waals surface area contributed by atoms with Crippen LogP contribution in [0.15, 0.2) is 46.0 Å². The van der Waals surface area contributed by atoms with Crippen LogP contribution in [-0.2, 0) is 10.0 Å². The van der Waals surface area contributed by atoms with E-state index in [1.807, 2.05) is 5.38 Å². The standard InChI is InChI=1S/C16H16N2O5S2/c19-15(13-5-10-24-11-13)17-6-8-18(9-7-17)25(22,23)14-3-1-12(2-4-14)16(20)21/h1-5,10-11H,6-9H2,(H,20,21). The lowest BCUT2D eigenvalue weighted by Gasteiger charge is -2.33. The van der Waals surface area contributed by atoms with Crippen LogP contribution in [0.3, 0.4) is 0 Å². The number of sulfonamides is 1. The van der Waals surface area contributed by atoms with E-state index in [0.717, 1.165) is 0 Å². The lowest BCUT2D eigenvalue weighted by molar-refractivity contribution is 0.0690. The maximum absolute atomic E-state index is 12.7. The molecule has 1 fully saturated rings. The Kier molecular flexibility index (Phi) is 4.89. The number of amides is 1. The fraction of sp³-hybridized carbons (Fsp3) is 0.250. The largest absolute Gasteiger partial charge is 0.478 e. The highest BCUT2D eigenvalue weighted by molar-refractivity contribution is 7.89. The summed E-state index contributed by atoms with van der Waals surface area (Å²) in [4.78, 5) is 24.9. The maximum atomic E-state index is 12.7. The van der Waals surface area contributed by atoms with Crippen molar-refractivity contribution in [3.8, 4) is 0 Å². The molecule has 0 atom stereocenters. The number of carbonyl (C=O) groups is 2. The molecule has 1 N–H and O–H groups in total. The minimum absolute atomic E-state index is 0.0325. The number of hydrogen-bond donors (Lipinski definition) is 1. The number of carbonyl (C=O) groups excluding carboxylic acids is 1. The summed E-state index contributed by atoms with van der Waals surface area (Å²) in [5.41, 5.74) is 0.649. The summed E-state index contributed by atoms with van der Waals surface area (Å²) in [5.74, 6) is -1.20. The zero-order chi connectivity index (χ0) is 18.0. The third kappa shape index (κ3) is 3.58. The van der Waals surface area contributed by atoms with Gasteiger partial charge in [-0.3, -0.25) is 4.79 Å². The van der Waals surface area contributed by atoms with Crippen LogP contribution in [0.5, 0.6) is 0 Å². The number of nitrogens with zero attached hydrogens (tertiary/aromatic N) is 2. The van der Waals surface area contributed by atoms with Gasteiger partial charge in [0, 0.05) is 31.6 Å². The second-order valence-corrected chi connectivity index (χ2v) is 8.26. The quantitative estimate of drug-likeness (QED) is 0.869. The molecule has 1 aliphatic rings. The van der Waals surface area contributed by atoms with Crippen molar-refractivity contribution < 1.29 is 23.1 Å². The number of rotatable bonds is 4. The molecule has 0 aliphatic carbocycles. The van der Waals surface area contributed by atoms with E-state index in [4.69, 9.17) is 5.11 Å². The molecule has 0 radical (unpaired) electrons. The lowest BCUT2D eigenvalue weighted by atomic mass is 10.2. The number of benzene rings is 1. The first-order chi connectivity index (χ1) is 11.9. The summed E-state index contributed by atoms with van der Waals surface area (Å²) < 4.78 is 26.6. The van der Waals surface area contributed by atoms with Crippen LogP contribution in [0.4, 0.5) is 0 Å². The number of piperazine rings is 1. The predicted molar refractivity (Wildman–Crippen MR) is 92.4 cm³/mol. The molecule has 1 aliphatic heterocycles. The lowest BCUT2D eigenvalue weighted by Crippen LogP contribution is -2.50. The third-order valence-corrected chi connectivity index (χ3v) is 6.63. The number of carboxylic acids is 1. The first kappa shape index (κ1) is 17.6. The van der Waals surface area contributed by atoms with Gasteiger partial charge in [0.2, 0.25) is 10.0 Å². The second-order valence-electron chi connectivity index (χ2n) is 5.54. The predicted octanol–water partition coefficient (Wildman–Crippen LogP) is 1.59. The van der Waals surface area contributed by atoms with Crippen molar-refractivity contribution in [2.24, 2.45) is 0 Å². The van der Waals surface area contributed by atoms with Crippen molar-refractivity contribution in [2.45, 2.75) is 4.90 Å². The van der Waals surface area contributed by atoms with Gasteiger partial charge in [0.25, 0.3) is 5.91 Å². The minimum atomic E-state index is -3.70. The number of hydrogen-bond acceptors (Lipinski definition) is 5. The third-order valence-electron chi connectivity index (χ3n) is 4.03. The molecule has 7 nitrogen and oxygen atoms in total. The summed E-state index contributed by atoms with van der Waals surface area (Å²) in [6.07, 6.45) is 0. The van der Waals surface area contributed by atoms with Gasteiger partial charge in [-0.1, -0.05) is 0 Å². The molecule has 3 rings (SSSR count). The van der Waals surface area contributed by atoms with Gasteiger partial charge in [-0.05, 0) is 35.7 Å². The second kappa shape index (κ2) is 6.95. The van der Waals surface area contributed by atoms with Crippen LogP contribution in [-0.4, -0.2) is 60.8 Å². The van der Waals surface area contributed by atoms with E-state index in [1.165, 1.54) is 39.9 Å². The van der Waals surface area contributed by atoms with Crippen LogP contribution in [0.25, 0.3) is 0 Å². The Balaban J connectivity index is 1.69. The number of aromatic carboxylic acids is 1. The van der Waals surface area contributed by atoms with E-state index in [-0.39, 0.29) is 29.5 Å². The Morgan fingerprint density at radius 3 is 2.12 bits per heavy atom. The van der Waals surface area contributed by atoms with Crippen molar-refractivity contribution in [2.75, 3.05) is 26.2 Å². The average Bonchev–Trinajstić information content (AvgIpc) is 3.16. The smallest absolute Gasteiger partial charge is 0.335 e. The van der Waals surface area contributed by atoms with E-state index in [0.29, 0.717) is 18.7 Å². The van der Waals surface area contributed by atoms with Gasteiger partial charge in [0.05, 0.1) is 16.0 Å².